The maximum atomic E-state index is 12.9. The van der Waals surface area contributed by atoms with E-state index >= 15 is 0 Å². The first-order chi connectivity index (χ1) is 14.0. The highest BCUT2D eigenvalue weighted by Gasteiger charge is 2.43. The van der Waals surface area contributed by atoms with Crippen LogP contribution in [0.2, 0.25) is 0 Å². The van der Waals surface area contributed by atoms with Crippen molar-refractivity contribution in [3.05, 3.63) is 35.4 Å². The quantitative estimate of drug-likeness (QED) is 0.658. The number of ether oxygens (including phenoxy) is 1. The van der Waals surface area contributed by atoms with E-state index in [-0.39, 0.29) is 30.6 Å². The van der Waals surface area contributed by atoms with Gasteiger partial charge in [0.2, 0.25) is 18.2 Å². The summed E-state index contributed by atoms with van der Waals surface area (Å²) in [5.41, 5.74) is 2.16. The molecule has 0 aromatic heterocycles. The van der Waals surface area contributed by atoms with Gasteiger partial charge in [0.1, 0.15) is 6.04 Å². The first kappa shape index (κ1) is 24.6. The number of hydrogen-bond acceptors (Lipinski definition) is 5. The Bertz CT molecular complexity index is 668. The van der Waals surface area contributed by atoms with Gasteiger partial charge < -0.3 is 25.6 Å². The van der Waals surface area contributed by atoms with Gasteiger partial charge in [0.05, 0.1) is 19.2 Å². The predicted molar refractivity (Wildman–Crippen MR) is 112 cm³/mol. The topological polar surface area (TPSA) is 99.8 Å². The molecule has 0 aliphatic carbocycles. The maximum Gasteiger partial charge on any atom is 0.248 e. The molecule has 3 atom stereocenters. The number of fused-ring (bicyclic) bond motifs is 3. The molecule has 2 heterocycles. The van der Waals surface area contributed by atoms with Crippen molar-refractivity contribution in [3.8, 4) is 0 Å². The van der Waals surface area contributed by atoms with Crippen molar-refractivity contribution in [2.75, 3.05) is 27.2 Å². The van der Waals surface area contributed by atoms with E-state index in [1.165, 1.54) is 6.42 Å². The van der Waals surface area contributed by atoms with E-state index in [2.05, 4.69) is 29.8 Å². The summed E-state index contributed by atoms with van der Waals surface area (Å²) in [4.78, 5) is 35.4. The van der Waals surface area contributed by atoms with Crippen LogP contribution in [0.25, 0.3) is 0 Å². The number of carbonyl (C=O) groups is 3. The lowest BCUT2D eigenvalue weighted by Gasteiger charge is -2.28. The Morgan fingerprint density at radius 2 is 1.83 bits per heavy atom. The van der Waals surface area contributed by atoms with E-state index in [1.807, 2.05) is 31.2 Å². The van der Waals surface area contributed by atoms with Gasteiger partial charge >= 0.3 is 0 Å². The number of likely N-dealkylation sites (N-methyl/N-ethyl adjacent to an activating group) is 1. The second kappa shape index (κ2) is 12.9. The van der Waals surface area contributed by atoms with Gasteiger partial charge in [-0.15, -0.1) is 0 Å². The van der Waals surface area contributed by atoms with Gasteiger partial charge in [-0.2, -0.15) is 0 Å². The van der Waals surface area contributed by atoms with E-state index in [0.29, 0.717) is 19.4 Å². The Morgan fingerprint density at radius 3 is 2.38 bits per heavy atom. The van der Waals surface area contributed by atoms with Crippen molar-refractivity contribution in [3.63, 3.8) is 0 Å². The fourth-order valence-electron chi connectivity index (χ4n) is 3.24. The Morgan fingerprint density at radius 1 is 1.24 bits per heavy atom. The van der Waals surface area contributed by atoms with Gasteiger partial charge in [-0.25, -0.2) is 0 Å². The van der Waals surface area contributed by atoms with E-state index < -0.39 is 6.04 Å². The first-order valence-electron chi connectivity index (χ1n) is 10.0. The second-order valence-corrected chi connectivity index (χ2v) is 6.83. The molecule has 2 unspecified atom stereocenters. The fourth-order valence-corrected chi connectivity index (χ4v) is 3.24. The molecule has 8 heteroatoms. The summed E-state index contributed by atoms with van der Waals surface area (Å²) in [6.45, 7) is 6.89. The van der Waals surface area contributed by atoms with Crippen LogP contribution >= 0.6 is 0 Å². The van der Waals surface area contributed by atoms with Crippen LogP contribution in [-0.4, -0.2) is 56.4 Å². The van der Waals surface area contributed by atoms with Crippen molar-refractivity contribution in [1.82, 2.24) is 20.9 Å². The Balaban J connectivity index is 0.000000526. The van der Waals surface area contributed by atoms with Gasteiger partial charge in [0, 0.05) is 19.0 Å². The molecule has 0 radical (unpaired) electrons. The van der Waals surface area contributed by atoms with Crippen LogP contribution < -0.4 is 16.0 Å². The van der Waals surface area contributed by atoms with Crippen LogP contribution in [-0.2, 0) is 19.1 Å². The van der Waals surface area contributed by atoms with Gasteiger partial charge in [0.25, 0.3) is 0 Å². The molecule has 3 N–H and O–H groups in total. The van der Waals surface area contributed by atoms with Crippen LogP contribution in [0.5, 0.6) is 0 Å². The molecule has 162 valence electrons. The standard InChI is InChI=1S/C16H21N3O3.C3H8.C2H5NO/c1-10-11-5-3-4-6-12(11)16-19(10)15(21)13(7-8-22-16)18-14(20)9-17-2;1-3-2;1-3-2-4/h3-6,10,13,16-17H,7-9H2,1-2H3,(H,18,20);3H2,1-2H3;2H,1H3,(H,3,4)/t10?,13-,16?;;/m0../s1. The van der Waals surface area contributed by atoms with Gasteiger partial charge in [-0.3, -0.25) is 14.4 Å². The summed E-state index contributed by atoms with van der Waals surface area (Å²) in [5, 5.41) is 7.84. The Kier molecular flexibility index (Phi) is 10.9. The smallest absolute Gasteiger partial charge is 0.248 e. The summed E-state index contributed by atoms with van der Waals surface area (Å²) in [5.74, 6) is -0.251. The van der Waals surface area contributed by atoms with Crippen LogP contribution in [0.3, 0.4) is 0 Å². The van der Waals surface area contributed by atoms with Crippen LogP contribution in [0.4, 0.5) is 0 Å². The van der Waals surface area contributed by atoms with E-state index in [9.17, 15) is 9.59 Å². The summed E-state index contributed by atoms with van der Waals surface area (Å²) in [6, 6.07) is 7.39. The SMILES string of the molecule is CCC.CNC=O.CNCC(=O)N[C@H]1CCOC2c3ccccc3C(C)N2C1=O. The van der Waals surface area contributed by atoms with Crippen molar-refractivity contribution in [1.29, 1.82) is 0 Å². The molecule has 0 saturated carbocycles. The third-order valence-corrected chi connectivity index (χ3v) is 4.41. The zero-order valence-electron chi connectivity index (χ0n) is 18.0. The molecule has 29 heavy (non-hydrogen) atoms. The molecule has 1 aromatic rings. The highest BCUT2D eigenvalue weighted by molar-refractivity contribution is 5.89. The average molecular weight is 407 g/mol. The minimum Gasteiger partial charge on any atom is -0.362 e. The van der Waals surface area contributed by atoms with E-state index in [0.717, 1.165) is 11.1 Å². The molecule has 3 amide bonds. The number of amides is 3. The third-order valence-electron chi connectivity index (χ3n) is 4.41. The molecule has 2 aliphatic rings. The molecule has 0 spiro atoms. The minimum absolute atomic E-state index is 0.0458. The molecule has 0 bridgehead atoms. The van der Waals surface area contributed by atoms with E-state index in [4.69, 9.17) is 9.53 Å². The first-order valence-corrected chi connectivity index (χ1v) is 10.0. The number of nitrogens with one attached hydrogen (secondary N) is 3. The highest BCUT2D eigenvalue weighted by Crippen LogP contribution is 2.43. The monoisotopic (exact) mass is 406 g/mol. The lowest BCUT2D eigenvalue weighted by Crippen LogP contribution is -2.49. The summed E-state index contributed by atoms with van der Waals surface area (Å²) < 4.78 is 5.90. The normalized spacial score (nSPS) is 21.9. The lowest BCUT2D eigenvalue weighted by molar-refractivity contribution is -0.146. The predicted octanol–water partition coefficient (Wildman–Crippen LogP) is 1.49. The number of nitrogens with zero attached hydrogens (tertiary/aromatic N) is 1. The van der Waals surface area contributed by atoms with Gasteiger partial charge in [-0.05, 0) is 19.5 Å². The summed E-state index contributed by atoms with van der Waals surface area (Å²) in [7, 11) is 3.26. The number of carbonyl (C=O) groups excluding carboxylic acids is 3. The van der Waals surface area contributed by atoms with Gasteiger partial charge in [0.15, 0.2) is 6.23 Å². The zero-order valence-corrected chi connectivity index (χ0v) is 18.0. The molecule has 1 saturated heterocycles. The van der Waals surface area contributed by atoms with Crippen molar-refractivity contribution >= 4 is 18.2 Å². The molecule has 3 rings (SSSR count). The molecular formula is C21H34N4O4. The molecule has 1 fully saturated rings. The Hall–Kier alpha value is -2.45. The number of hydrogen-bond donors (Lipinski definition) is 3. The highest BCUT2D eigenvalue weighted by atomic mass is 16.5. The molecule has 8 nitrogen and oxygen atoms in total. The fraction of sp³-hybridized carbons (Fsp3) is 0.571. The van der Waals surface area contributed by atoms with Crippen molar-refractivity contribution in [2.24, 2.45) is 0 Å². The average Bonchev–Trinajstić information content (AvgIpc) is 2.89. The third kappa shape index (κ3) is 6.54. The largest absolute Gasteiger partial charge is 0.362 e. The van der Waals surface area contributed by atoms with Crippen LogP contribution in [0.1, 0.15) is 57.0 Å². The van der Waals surface area contributed by atoms with Crippen LogP contribution in [0.15, 0.2) is 24.3 Å². The molecular weight excluding hydrogens is 372 g/mol. The van der Waals surface area contributed by atoms with Crippen molar-refractivity contribution < 1.29 is 19.1 Å². The molecule has 1 aromatic carbocycles. The zero-order chi connectivity index (χ0) is 21.8. The maximum absolute atomic E-state index is 12.9. The van der Waals surface area contributed by atoms with E-state index in [1.54, 1.807) is 19.0 Å². The number of benzene rings is 1. The number of rotatable bonds is 4. The molecule has 2 aliphatic heterocycles. The van der Waals surface area contributed by atoms with Crippen molar-refractivity contribution in [2.45, 2.75) is 51.9 Å². The summed E-state index contributed by atoms with van der Waals surface area (Å²) >= 11 is 0. The van der Waals surface area contributed by atoms with Gasteiger partial charge in [-0.1, -0.05) is 44.5 Å². The lowest BCUT2D eigenvalue weighted by atomic mass is 10.1. The Labute approximate surface area is 173 Å². The second-order valence-electron chi connectivity index (χ2n) is 6.83. The summed E-state index contributed by atoms with van der Waals surface area (Å²) in [6.07, 6.45) is 2.03. The minimum atomic E-state index is -0.525. The van der Waals surface area contributed by atoms with Crippen LogP contribution in [0, 0.1) is 0 Å².